The lowest BCUT2D eigenvalue weighted by Crippen LogP contribution is -2.29. The summed E-state index contributed by atoms with van der Waals surface area (Å²) in [5, 5.41) is -0.0177. The summed E-state index contributed by atoms with van der Waals surface area (Å²) in [6.07, 6.45) is 2.54. The minimum atomic E-state index is -3.66. The molecule has 0 aliphatic carbocycles. The average molecular weight is 302 g/mol. The van der Waals surface area contributed by atoms with Crippen molar-refractivity contribution < 1.29 is 8.42 Å². The first kappa shape index (κ1) is 14.3. The fourth-order valence-corrected chi connectivity index (χ4v) is 3.45. The largest absolute Gasteiger partial charge is 0.288 e. The van der Waals surface area contributed by atoms with Crippen LogP contribution in [0.4, 0.5) is 0 Å². The normalized spacial score (nSPS) is 13.8. The minimum absolute atomic E-state index is 0.00642. The molecule has 5 nitrogen and oxygen atoms in total. The van der Waals surface area contributed by atoms with E-state index in [-0.39, 0.29) is 16.1 Å². The van der Waals surface area contributed by atoms with Crippen molar-refractivity contribution in [3.8, 4) is 0 Å². The van der Waals surface area contributed by atoms with Gasteiger partial charge >= 0.3 is 0 Å². The Hall–Kier alpha value is -1.11. The van der Waals surface area contributed by atoms with Crippen molar-refractivity contribution in [2.45, 2.75) is 25.3 Å². The second-order valence-corrected chi connectivity index (χ2v) is 6.54. The lowest BCUT2D eigenvalue weighted by Gasteiger charge is -2.10. The van der Waals surface area contributed by atoms with E-state index in [2.05, 4.69) is 9.71 Å². The zero-order valence-electron chi connectivity index (χ0n) is 10.8. The number of sulfonamides is 1. The average Bonchev–Trinajstić information content (AvgIpc) is 2.72. The lowest BCUT2D eigenvalue weighted by atomic mass is 10.1. The number of hydrogen-bond donors (Lipinski definition) is 1. The van der Waals surface area contributed by atoms with E-state index >= 15 is 0 Å². The topological polar surface area (TPSA) is 63.5 Å². The second-order valence-electron chi connectivity index (χ2n) is 4.50. The zero-order valence-corrected chi connectivity index (χ0v) is 12.4. The molecule has 7 heteroatoms. The molecule has 2 aromatic rings. The van der Waals surface area contributed by atoms with E-state index in [4.69, 9.17) is 11.6 Å². The van der Waals surface area contributed by atoms with Crippen LogP contribution in [0.15, 0.2) is 29.4 Å². The molecular weight excluding hydrogens is 286 g/mol. The molecule has 1 N–H and O–H groups in total. The van der Waals surface area contributed by atoms with Crippen molar-refractivity contribution in [3.05, 3.63) is 29.5 Å². The Balaban J connectivity index is 2.40. The maximum atomic E-state index is 12.3. The molecule has 0 saturated heterocycles. The van der Waals surface area contributed by atoms with Crippen LogP contribution in [-0.4, -0.2) is 24.3 Å². The third kappa shape index (κ3) is 2.91. The maximum absolute atomic E-state index is 12.3. The van der Waals surface area contributed by atoms with Crippen LogP contribution < -0.4 is 4.72 Å². The predicted octanol–water partition coefficient (Wildman–Crippen LogP) is 2.31. The summed E-state index contributed by atoms with van der Waals surface area (Å²) in [5.41, 5.74) is 0.511. The van der Waals surface area contributed by atoms with Crippen molar-refractivity contribution in [3.63, 3.8) is 0 Å². The molecule has 1 unspecified atom stereocenters. The number of nitrogens with one attached hydrogen (secondary N) is 1. The first-order chi connectivity index (χ1) is 8.95. The van der Waals surface area contributed by atoms with Crippen LogP contribution in [0.1, 0.15) is 20.3 Å². The molecule has 0 aliphatic heterocycles. The van der Waals surface area contributed by atoms with E-state index in [1.807, 2.05) is 13.8 Å². The Bertz CT molecular complexity index is 681. The number of halogens is 1. The lowest BCUT2D eigenvalue weighted by molar-refractivity contribution is 0.526. The van der Waals surface area contributed by atoms with Crippen LogP contribution >= 0.6 is 11.6 Å². The van der Waals surface area contributed by atoms with Crippen LogP contribution in [0.2, 0.25) is 5.15 Å². The van der Waals surface area contributed by atoms with Crippen LogP contribution in [-0.2, 0) is 10.0 Å². The molecule has 0 radical (unpaired) electrons. The monoisotopic (exact) mass is 301 g/mol. The van der Waals surface area contributed by atoms with Gasteiger partial charge < -0.3 is 0 Å². The Labute approximate surface area is 117 Å². The number of rotatable bonds is 5. The van der Waals surface area contributed by atoms with Gasteiger partial charge in [0.1, 0.15) is 5.65 Å². The van der Waals surface area contributed by atoms with Crippen LogP contribution in [0.3, 0.4) is 0 Å². The molecule has 0 aliphatic rings. The van der Waals surface area contributed by atoms with Crippen molar-refractivity contribution in [1.82, 2.24) is 14.1 Å². The maximum Gasteiger partial charge on any atom is 0.259 e. The van der Waals surface area contributed by atoms with Crippen LogP contribution in [0, 0.1) is 5.92 Å². The smallest absolute Gasteiger partial charge is 0.259 e. The number of imidazole rings is 1. The number of nitrogens with zero attached hydrogens (tertiary/aromatic N) is 2. The van der Waals surface area contributed by atoms with Gasteiger partial charge in [0.25, 0.3) is 10.0 Å². The second kappa shape index (κ2) is 5.48. The van der Waals surface area contributed by atoms with Crippen molar-refractivity contribution in [2.75, 3.05) is 6.54 Å². The SMILES string of the molecule is CCC(C)CNS(=O)(=O)c1c(Cl)nc2ccccn12. The van der Waals surface area contributed by atoms with Crippen molar-refractivity contribution >= 4 is 27.3 Å². The summed E-state index contributed by atoms with van der Waals surface area (Å²) in [5.74, 6) is 0.271. The van der Waals surface area contributed by atoms with Gasteiger partial charge in [-0.05, 0) is 18.1 Å². The van der Waals surface area contributed by atoms with Gasteiger partial charge in [-0.2, -0.15) is 0 Å². The zero-order chi connectivity index (χ0) is 14.0. The number of hydrogen-bond acceptors (Lipinski definition) is 3. The summed E-state index contributed by atoms with van der Waals surface area (Å²) < 4.78 is 28.6. The van der Waals surface area contributed by atoms with Gasteiger partial charge in [-0.15, -0.1) is 0 Å². The van der Waals surface area contributed by atoms with E-state index in [0.717, 1.165) is 6.42 Å². The molecule has 0 fully saturated rings. The van der Waals surface area contributed by atoms with Crippen LogP contribution in [0.25, 0.3) is 5.65 Å². The van der Waals surface area contributed by atoms with E-state index in [1.54, 1.807) is 24.4 Å². The van der Waals surface area contributed by atoms with Gasteiger partial charge in [0, 0.05) is 12.7 Å². The first-order valence-electron chi connectivity index (χ1n) is 6.08. The predicted molar refractivity (Wildman–Crippen MR) is 74.8 cm³/mol. The molecule has 1 atom stereocenters. The van der Waals surface area contributed by atoms with Gasteiger partial charge in [-0.3, -0.25) is 4.40 Å². The summed E-state index contributed by atoms with van der Waals surface area (Å²) >= 11 is 5.95. The molecular formula is C12H16ClN3O2S. The Morgan fingerprint density at radius 3 is 2.89 bits per heavy atom. The summed E-state index contributed by atoms with van der Waals surface area (Å²) in [7, 11) is -3.66. The van der Waals surface area contributed by atoms with Gasteiger partial charge in [0.15, 0.2) is 10.2 Å². The van der Waals surface area contributed by atoms with E-state index in [1.165, 1.54) is 4.40 Å². The van der Waals surface area contributed by atoms with E-state index in [0.29, 0.717) is 12.2 Å². The Morgan fingerprint density at radius 2 is 2.21 bits per heavy atom. The third-order valence-corrected chi connectivity index (χ3v) is 4.84. The van der Waals surface area contributed by atoms with Gasteiger partial charge in [0.2, 0.25) is 0 Å². The van der Waals surface area contributed by atoms with E-state index < -0.39 is 10.0 Å². The quantitative estimate of drug-likeness (QED) is 0.922. The standard InChI is InChI=1S/C12H16ClN3O2S/c1-3-9(2)8-14-19(17,18)12-11(13)15-10-6-4-5-7-16(10)12/h4-7,9,14H,3,8H2,1-2H3. The highest BCUT2D eigenvalue weighted by Crippen LogP contribution is 2.22. The van der Waals surface area contributed by atoms with Crippen molar-refractivity contribution in [2.24, 2.45) is 5.92 Å². The Kier molecular flexibility index (Phi) is 4.13. The number of fused-ring (bicyclic) bond motifs is 1. The van der Waals surface area contributed by atoms with Crippen molar-refractivity contribution in [1.29, 1.82) is 0 Å². The van der Waals surface area contributed by atoms with E-state index in [9.17, 15) is 8.42 Å². The number of pyridine rings is 1. The Morgan fingerprint density at radius 1 is 1.47 bits per heavy atom. The number of aromatic nitrogens is 2. The summed E-state index contributed by atoms with van der Waals surface area (Å²) in [4.78, 5) is 4.04. The highest BCUT2D eigenvalue weighted by atomic mass is 35.5. The molecule has 0 amide bonds. The van der Waals surface area contributed by atoms with Gasteiger partial charge in [-0.1, -0.05) is 37.9 Å². The molecule has 2 rings (SSSR count). The van der Waals surface area contributed by atoms with Gasteiger partial charge in [-0.25, -0.2) is 18.1 Å². The molecule has 104 valence electrons. The molecule has 0 aromatic carbocycles. The third-order valence-electron chi connectivity index (χ3n) is 3.02. The van der Waals surface area contributed by atoms with Gasteiger partial charge in [0.05, 0.1) is 0 Å². The van der Waals surface area contributed by atoms with Crippen LogP contribution in [0.5, 0.6) is 0 Å². The molecule has 2 heterocycles. The highest BCUT2D eigenvalue weighted by molar-refractivity contribution is 7.89. The summed E-state index contributed by atoms with van der Waals surface area (Å²) in [6.45, 7) is 4.38. The minimum Gasteiger partial charge on any atom is -0.288 e. The highest BCUT2D eigenvalue weighted by Gasteiger charge is 2.24. The fraction of sp³-hybridized carbons (Fsp3) is 0.417. The molecule has 0 bridgehead atoms. The molecule has 2 aromatic heterocycles. The molecule has 0 saturated carbocycles. The first-order valence-corrected chi connectivity index (χ1v) is 7.94. The molecule has 0 spiro atoms. The molecule has 19 heavy (non-hydrogen) atoms. The fourth-order valence-electron chi connectivity index (χ4n) is 1.65. The summed E-state index contributed by atoms with van der Waals surface area (Å²) in [6, 6.07) is 5.22.